The van der Waals surface area contributed by atoms with Crippen molar-refractivity contribution in [2.45, 2.75) is 11.8 Å². The van der Waals surface area contributed by atoms with E-state index in [0.29, 0.717) is 0 Å². The van der Waals surface area contributed by atoms with Gasteiger partial charge in [0, 0.05) is 0 Å². The molecule has 0 unspecified atom stereocenters. The van der Waals surface area contributed by atoms with E-state index in [1.165, 1.54) is 12.1 Å². The summed E-state index contributed by atoms with van der Waals surface area (Å²) >= 11 is 0. The second-order valence-electron chi connectivity index (χ2n) is 3.66. The molecule has 9 heteroatoms. The average molecular weight is 280 g/mol. The fraction of sp³-hybridized carbons (Fsp3) is 0.100. The highest BCUT2D eigenvalue weighted by molar-refractivity contribution is 7.90. The lowest BCUT2D eigenvalue weighted by Gasteiger charge is -2.17. The zero-order valence-corrected chi connectivity index (χ0v) is 10.5. The van der Waals surface area contributed by atoms with Crippen LogP contribution in [0.25, 0.3) is 0 Å². The third-order valence-corrected chi connectivity index (χ3v) is 3.47. The van der Waals surface area contributed by atoms with E-state index in [2.05, 4.69) is 19.9 Å². The second-order valence-corrected chi connectivity index (χ2v) is 5.27. The Bertz CT molecular complexity index is 685. The highest BCUT2D eigenvalue weighted by Gasteiger charge is 2.17. The van der Waals surface area contributed by atoms with Gasteiger partial charge in [0.05, 0.1) is 4.90 Å². The summed E-state index contributed by atoms with van der Waals surface area (Å²) < 4.78 is 27.1. The first kappa shape index (κ1) is 13.0. The number of sulfonamides is 1. The van der Waals surface area contributed by atoms with Crippen LogP contribution in [-0.2, 0) is 10.0 Å². The summed E-state index contributed by atoms with van der Waals surface area (Å²) in [5, 5.41) is 29.5. The van der Waals surface area contributed by atoms with Crippen LogP contribution in [0.4, 0.5) is 0 Å². The average Bonchev–Trinajstić information content (AvgIpc) is 2.77. The Morgan fingerprint density at radius 1 is 1.21 bits per heavy atom. The molecule has 1 heterocycles. The van der Waals surface area contributed by atoms with Gasteiger partial charge in [-0.2, -0.15) is 14.4 Å². The molecule has 8 nitrogen and oxygen atoms in total. The monoisotopic (exact) mass is 280 g/mol. The molecule has 0 aliphatic carbocycles. The van der Waals surface area contributed by atoms with Crippen LogP contribution in [0.3, 0.4) is 0 Å². The highest BCUT2D eigenvalue weighted by Crippen LogP contribution is 2.14. The molecule has 0 radical (unpaired) electrons. The van der Waals surface area contributed by atoms with Crippen LogP contribution in [0.15, 0.2) is 55.6 Å². The molecule has 100 valence electrons. The molecule has 19 heavy (non-hydrogen) atoms. The third-order valence-electron chi connectivity index (χ3n) is 2.19. The van der Waals surface area contributed by atoms with E-state index < -0.39 is 27.7 Å². The maximum Gasteiger partial charge on any atom is 0.285 e. The van der Waals surface area contributed by atoms with Gasteiger partial charge in [0.1, 0.15) is 5.82 Å². The summed E-state index contributed by atoms with van der Waals surface area (Å²) in [5.74, 6) is -2.60. The third kappa shape index (κ3) is 2.88. The quantitative estimate of drug-likeness (QED) is 0.690. The minimum Gasteiger partial charge on any atom is -0.881 e. The van der Waals surface area contributed by atoms with Gasteiger partial charge in [-0.15, -0.1) is 14.6 Å². The van der Waals surface area contributed by atoms with Gasteiger partial charge in [-0.05, 0) is 19.1 Å². The number of nitrogens with one attached hydrogen (secondary N) is 1. The van der Waals surface area contributed by atoms with Crippen molar-refractivity contribution < 1.29 is 18.6 Å². The topological polar surface area (TPSA) is 129 Å². The summed E-state index contributed by atoms with van der Waals surface area (Å²) in [6.45, 7) is 1.82. The number of rotatable bonds is 2. The summed E-state index contributed by atoms with van der Waals surface area (Å²) in [6, 6.07) is 6.03. The van der Waals surface area contributed by atoms with E-state index in [9.17, 15) is 18.6 Å². The van der Waals surface area contributed by atoms with Crippen LogP contribution in [0.5, 0.6) is 0 Å². The maximum absolute atomic E-state index is 11.9. The summed E-state index contributed by atoms with van der Waals surface area (Å²) in [5.41, 5.74) is 0.901. The fourth-order valence-corrected chi connectivity index (χ4v) is 2.16. The molecule has 0 bridgehead atoms. The number of aryl methyl sites for hydroxylation is 1. The van der Waals surface area contributed by atoms with E-state index in [-0.39, 0.29) is 4.90 Å². The Balaban J connectivity index is 2.31. The molecule has 0 saturated heterocycles. The van der Waals surface area contributed by atoms with Crippen molar-refractivity contribution in [2.75, 3.05) is 0 Å². The maximum atomic E-state index is 11.9. The molecule has 0 saturated carbocycles. The Labute approximate surface area is 108 Å². The first-order valence-corrected chi connectivity index (χ1v) is 6.51. The highest BCUT2D eigenvalue weighted by atomic mass is 32.2. The summed E-state index contributed by atoms with van der Waals surface area (Å²) in [4.78, 5) is -0.0236. The van der Waals surface area contributed by atoms with Crippen LogP contribution in [0.2, 0.25) is 0 Å². The second kappa shape index (κ2) is 4.69. The Morgan fingerprint density at radius 3 is 2.37 bits per heavy atom. The number of hydrogen-bond donors (Lipinski definition) is 1. The molecule has 1 aliphatic heterocycles. The van der Waals surface area contributed by atoms with Crippen molar-refractivity contribution in [1.82, 2.24) is 5.32 Å². The molecule has 1 N–H and O–H groups in total. The van der Waals surface area contributed by atoms with Gasteiger partial charge in [-0.3, -0.25) is 0 Å². The molecule has 0 amide bonds. The lowest BCUT2D eigenvalue weighted by Crippen LogP contribution is -2.27. The predicted octanol–water partition coefficient (Wildman–Crippen LogP) is -1.06. The van der Waals surface area contributed by atoms with E-state index in [0.717, 1.165) is 5.56 Å². The van der Waals surface area contributed by atoms with E-state index in [1.54, 1.807) is 12.1 Å². The van der Waals surface area contributed by atoms with Crippen molar-refractivity contribution in [2.24, 2.45) is 14.6 Å². The van der Waals surface area contributed by atoms with Crippen LogP contribution in [0, 0.1) is 6.92 Å². The van der Waals surface area contributed by atoms with Gasteiger partial charge < -0.3 is 15.5 Å². The van der Waals surface area contributed by atoms with Gasteiger partial charge in [0.15, 0.2) is 0 Å². The smallest absolute Gasteiger partial charge is 0.285 e. The normalized spacial score (nSPS) is 16.7. The van der Waals surface area contributed by atoms with Crippen molar-refractivity contribution in [3.63, 3.8) is 0 Å². The zero-order chi connectivity index (χ0) is 14.0. The molecule has 0 spiro atoms. The van der Waals surface area contributed by atoms with Gasteiger partial charge in [-0.25, -0.2) is 0 Å². The van der Waals surface area contributed by atoms with Crippen molar-refractivity contribution in [3.8, 4) is 0 Å². The number of nitrogens with zero attached hydrogens (tertiary/aromatic N) is 3. The molecule has 0 fully saturated rings. The molecule has 1 aromatic carbocycles. The minimum absolute atomic E-state index is 0.0236. The molecular weight excluding hydrogens is 272 g/mol. The Hall–Kier alpha value is -2.42. The minimum atomic E-state index is -3.96. The van der Waals surface area contributed by atoms with Gasteiger partial charge in [0.2, 0.25) is 0 Å². The molecule has 0 aromatic heterocycles. The van der Waals surface area contributed by atoms with Crippen molar-refractivity contribution in [1.29, 1.82) is 0 Å². The lowest BCUT2D eigenvalue weighted by atomic mass is 10.2. The number of hydrogen-bond acceptors (Lipinski definition) is 5. The summed E-state index contributed by atoms with van der Waals surface area (Å²) in [7, 11) is -3.96. The molecule has 1 aromatic rings. The van der Waals surface area contributed by atoms with Crippen LogP contribution in [0.1, 0.15) is 5.56 Å². The van der Waals surface area contributed by atoms with Crippen LogP contribution >= 0.6 is 0 Å². The van der Waals surface area contributed by atoms with Gasteiger partial charge in [-0.1, -0.05) is 17.7 Å². The molecule has 2 rings (SSSR count). The van der Waals surface area contributed by atoms with Crippen molar-refractivity contribution >= 4 is 16.0 Å². The van der Waals surface area contributed by atoms with Gasteiger partial charge in [0.25, 0.3) is 16.0 Å². The fourth-order valence-electron chi connectivity index (χ4n) is 1.26. The Morgan fingerprint density at radius 2 is 1.84 bits per heavy atom. The van der Waals surface area contributed by atoms with E-state index in [4.69, 9.17) is 0 Å². The first-order valence-electron chi connectivity index (χ1n) is 5.07. The van der Waals surface area contributed by atoms with E-state index >= 15 is 0 Å². The van der Waals surface area contributed by atoms with E-state index in [1.807, 2.05) is 6.92 Å². The largest absolute Gasteiger partial charge is 0.881 e. The molecule has 1 aliphatic rings. The SMILES string of the molecule is Cc1ccc(S(=O)(=O)/N=C2\N=NC(=C([O-])[O-])N2)cc1. The predicted molar refractivity (Wildman–Crippen MR) is 60.8 cm³/mol. The van der Waals surface area contributed by atoms with Crippen molar-refractivity contribution in [3.05, 3.63) is 41.6 Å². The lowest BCUT2D eigenvalue weighted by molar-refractivity contribution is -0.515. The number of azo groups is 1. The number of guanidine groups is 1. The standard InChI is InChI=1S/C10H10N4O4S/c1-6-2-4-7(5-3-6)19(17,18)14-10-11-8(9(15)16)12-13-10/h2-5,15-16H,1H3,(H,11,14)/p-2. The number of benzene rings is 1. The zero-order valence-electron chi connectivity index (χ0n) is 9.69. The van der Waals surface area contributed by atoms with Crippen LogP contribution in [-0.4, -0.2) is 14.4 Å². The first-order chi connectivity index (χ1) is 8.88. The Kier molecular flexibility index (Phi) is 3.21. The van der Waals surface area contributed by atoms with Crippen LogP contribution < -0.4 is 15.5 Å². The molecular formula is C10H8N4O4S-2. The molecule has 0 atom stereocenters. The summed E-state index contributed by atoms with van der Waals surface area (Å²) in [6.07, 6.45) is 0. The van der Waals surface area contributed by atoms with Gasteiger partial charge >= 0.3 is 0 Å².